The van der Waals surface area contributed by atoms with E-state index in [9.17, 15) is 9.18 Å². The summed E-state index contributed by atoms with van der Waals surface area (Å²) in [5.41, 5.74) is 2.21. The number of ether oxygens (including phenoxy) is 1. The van der Waals surface area contributed by atoms with Crippen LogP contribution in [0.15, 0.2) is 72.1 Å². The Balaban J connectivity index is 1.34. The third-order valence-electron chi connectivity index (χ3n) is 7.18. The molecule has 1 aromatic heterocycles. The highest BCUT2D eigenvalue weighted by atomic mass is 32.1. The summed E-state index contributed by atoms with van der Waals surface area (Å²) < 4.78 is 19.1. The van der Waals surface area contributed by atoms with Crippen LogP contribution < -0.4 is 15.0 Å². The summed E-state index contributed by atoms with van der Waals surface area (Å²) >= 11 is 1.70. The number of piperidine rings is 1. The Morgan fingerprint density at radius 2 is 1.84 bits per heavy atom. The highest BCUT2D eigenvalue weighted by Crippen LogP contribution is 2.31. The van der Waals surface area contributed by atoms with Gasteiger partial charge in [0.1, 0.15) is 18.5 Å². The normalized spacial score (nSPS) is 15.3. The van der Waals surface area contributed by atoms with Crippen molar-refractivity contribution in [2.45, 2.75) is 51.2 Å². The Morgan fingerprint density at radius 1 is 1.08 bits per heavy atom. The first kappa shape index (κ1) is 28.3. The first-order chi connectivity index (χ1) is 18.7. The maximum atomic E-state index is 12.8. The van der Waals surface area contributed by atoms with Gasteiger partial charge in [0.05, 0.1) is 0 Å². The van der Waals surface area contributed by atoms with E-state index in [1.807, 2.05) is 54.3 Å². The number of anilines is 1. The van der Waals surface area contributed by atoms with E-state index in [0.717, 1.165) is 56.8 Å². The lowest BCUT2D eigenvalue weighted by atomic mass is 10.0. The lowest BCUT2D eigenvalue weighted by Gasteiger charge is -2.38. The van der Waals surface area contributed by atoms with Gasteiger partial charge in [-0.25, -0.2) is 4.39 Å². The van der Waals surface area contributed by atoms with Crippen molar-refractivity contribution < 1.29 is 13.9 Å². The molecule has 0 aliphatic carbocycles. The van der Waals surface area contributed by atoms with Gasteiger partial charge in [0, 0.05) is 55.6 Å². The molecular weight excluding hydrogens is 497 g/mol. The minimum Gasteiger partial charge on any atom is -0.485 e. The van der Waals surface area contributed by atoms with Gasteiger partial charge in [0.15, 0.2) is 0 Å². The van der Waals surface area contributed by atoms with Crippen LogP contribution in [0.5, 0.6) is 5.75 Å². The number of para-hydroxylation sites is 2. The molecular formula is C31H40FN3O2S. The molecule has 1 N–H and O–H groups in total. The standard InChI is InChI=1S/C31H40FN3O2S/c1-2-31(36)35(26-10-4-3-5-11-26)27-16-22-34(23-17-27)21-15-25-9-6-7-12-28(25)37-29(14-19-33-20-18-32)30-13-8-24-38-30/h3-13,24,27,29,33H,2,14-23H2,1H3. The molecule has 1 atom stereocenters. The van der Waals surface area contributed by atoms with Crippen molar-refractivity contribution in [3.05, 3.63) is 82.6 Å². The largest absolute Gasteiger partial charge is 0.485 e. The predicted octanol–water partition coefficient (Wildman–Crippen LogP) is 6.27. The number of carbonyl (C=O) groups excluding carboxylic acids is 1. The minimum absolute atomic E-state index is 0.0564. The number of thiophene rings is 1. The van der Waals surface area contributed by atoms with Crippen LogP contribution in [0.1, 0.15) is 49.2 Å². The molecule has 204 valence electrons. The SMILES string of the molecule is CCC(=O)N(c1ccccc1)C1CCN(CCc2ccccc2OC(CCNCCF)c2cccs2)CC1. The average Bonchev–Trinajstić information content (AvgIpc) is 3.50. The molecule has 7 heteroatoms. The zero-order chi connectivity index (χ0) is 26.6. The molecule has 4 rings (SSSR count). The molecule has 1 aliphatic rings. The van der Waals surface area contributed by atoms with Crippen molar-refractivity contribution in [3.8, 4) is 5.75 Å². The van der Waals surface area contributed by atoms with Crippen LogP contribution in [0.2, 0.25) is 0 Å². The Bertz CT molecular complexity index is 1090. The van der Waals surface area contributed by atoms with Crippen molar-refractivity contribution >= 4 is 22.9 Å². The molecule has 0 spiro atoms. The Labute approximate surface area is 230 Å². The van der Waals surface area contributed by atoms with Crippen LogP contribution in [-0.4, -0.2) is 56.2 Å². The van der Waals surface area contributed by atoms with Gasteiger partial charge in [-0.05, 0) is 61.0 Å². The molecule has 5 nitrogen and oxygen atoms in total. The van der Waals surface area contributed by atoms with Crippen molar-refractivity contribution in [3.63, 3.8) is 0 Å². The van der Waals surface area contributed by atoms with Gasteiger partial charge in [0.2, 0.25) is 5.91 Å². The van der Waals surface area contributed by atoms with Gasteiger partial charge in [-0.1, -0.05) is 49.4 Å². The molecule has 38 heavy (non-hydrogen) atoms. The number of rotatable bonds is 14. The summed E-state index contributed by atoms with van der Waals surface area (Å²) in [4.78, 5) is 18.5. The van der Waals surface area contributed by atoms with Crippen molar-refractivity contribution in [2.75, 3.05) is 44.3 Å². The zero-order valence-electron chi connectivity index (χ0n) is 22.4. The second-order valence-electron chi connectivity index (χ2n) is 9.73. The molecule has 1 fully saturated rings. The fourth-order valence-electron chi connectivity index (χ4n) is 5.13. The highest BCUT2D eigenvalue weighted by molar-refractivity contribution is 7.10. The van der Waals surface area contributed by atoms with E-state index >= 15 is 0 Å². The van der Waals surface area contributed by atoms with Crippen LogP contribution in [0, 0.1) is 0 Å². The summed E-state index contributed by atoms with van der Waals surface area (Å²) in [7, 11) is 0. The maximum Gasteiger partial charge on any atom is 0.226 e. The van der Waals surface area contributed by atoms with Gasteiger partial charge in [-0.15, -0.1) is 11.3 Å². The smallest absolute Gasteiger partial charge is 0.226 e. The van der Waals surface area contributed by atoms with Crippen LogP contribution in [0.4, 0.5) is 10.1 Å². The number of nitrogens with zero attached hydrogens (tertiary/aromatic N) is 2. The molecule has 1 saturated heterocycles. The summed E-state index contributed by atoms with van der Waals surface area (Å²) in [6, 6.07) is 22.8. The first-order valence-electron chi connectivity index (χ1n) is 13.8. The van der Waals surface area contributed by atoms with Gasteiger partial charge in [-0.3, -0.25) is 4.79 Å². The second kappa shape index (κ2) is 15.0. The number of benzene rings is 2. The monoisotopic (exact) mass is 537 g/mol. The summed E-state index contributed by atoms with van der Waals surface area (Å²) in [6.45, 7) is 5.59. The fraction of sp³-hybridized carbons (Fsp3) is 0.452. The van der Waals surface area contributed by atoms with E-state index in [2.05, 4.69) is 39.9 Å². The fourth-order valence-corrected chi connectivity index (χ4v) is 5.92. The van der Waals surface area contributed by atoms with Crippen molar-refractivity contribution in [1.82, 2.24) is 10.2 Å². The zero-order valence-corrected chi connectivity index (χ0v) is 23.2. The summed E-state index contributed by atoms with van der Waals surface area (Å²) in [6.07, 6.45) is 4.12. The summed E-state index contributed by atoms with van der Waals surface area (Å²) in [5, 5.41) is 5.22. The number of carbonyl (C=O) groups is 1. The molecule has 1 unspecified atom stereocenters. The molecule has 1 aliphatic heterocycles. The van der Waals surface area contributed by atoms with E-state index < -0.39 is 0 Å². The minimum atomic E-state index is -0.357. The van der Waals surface area contributed by atoms with E-state index in [4.69, 9.17) is 4.74 Å². The quantitative estimate of drug-likeness (QED) is 0.246. The lowest BCUT2D eigenvalue weighted by Crippen LogP contribution is -2.47. The molecule has 2 aromatic carbocycles. The second-order valence-corrected chi connectivity index (χ2v) is 10.7. The molecule has 0 saturated carbocycles. The maximum absolute atomic E-state index is 12.8. The lowest BCUT2D eigenvalue weighted by molar-refractivity contribution is -0.119. The summed E-state index contributed by atoms with van der Waals surface area (Å²) in [5.74, 6) is 1.12. The number of halogens is 1. The van der Waals surface area contributed by atoms with Gasteiger partial charge in [-0.2, -0.15) is 0 Å². The topological polar surface area (TPSA) is 44.8 Å². The molecule has 2 heterocycles. The van der Waals surface area contributed by atoms with Crippen LogP contribution in [0.3, 0.4) is 0 Å². The third kappa shape index (κ3) is 7.88. The average molecular weight is 538 g/mol. The van der Waals surface area contributed by atoms with E-state index in [-0.39, 0.29) is 24.7 Å². The Hall–Kier alpha value is -2.74. The number of nitrogens with one attached hydrogen (secondary N) is 1. The Morgan fingerprint density at radius 3 is 2.55 bits per heavy atom. The highest BCUT2D eigenvalue weighted by Gasteiger charge is 2.28. The number of amides is 1. The molecule has 3 aromatic rings. The van der Waals surface area contributed by atoms with Crippen LogP contribution >= 0.6 is 11.3 Å². The van der Waals surface area contributed by atoms with Crippen molar-refractivity contribution in [1.29, 1.82) is 0 Å². The Kier molecular flexibility index (Phi) is 11.2. The number of hydrogen-bond donors (Lipinski definition) is 1. The molecule has 0 radical (unpaired) electrons. The number of alkyl halides is 1. The molecule has 1 amide bonds. The third-order valence-corrected chi connectivity index (χ3v) is 8.15. The first-order valence-corrected chi connectivity index (χ1v) is 14.7. The number of likely N-dealkylation sites (tertiary alicyclic amines) is 1. The predicted molar refractivity (Wildman–Crippen MR) is 155 cm³/mol. The molecule has 0 bridgehead atoms. The van der Waals surface area contributed by atoms with E-state index in [1.165, 1.54) is 10.4 Å². The van der Waals surface area contributed by atoms with Crippen LogP contribution in [-0.2, 0) is 11.2 Å². The van der Waals surface area contributed by atoms with Gasteiger partial charge in [0.25, 0.3) is 0 Å². The van der Waals surface area contributed by atoms with Crippen molar-refractivity contribution in [2.24, 2.45) is 0 Å². The van der Waals surface area contributed by atoms with E-state index in [1.54, 1.807) is 11.3 Å². The van der Waals surface area contributed by atoms with E-state index in [0.29, 0.717) is 19.5 Å². The van der Waals surface area contributed by atoms with Gasteiger partial charge < -0.3 is 19.9 Å². The number of hydrogen-bond acceptors (Lipinski definition) is 5. The van der Waals surface area contributed by atoms with Crippen LogP contribution in [0.25, 0.3) is 0 Å². The van der Waals surface area contributed by atoms with Gasteiger partial charge >= 0.3 is 0 Å².